The number of aryl methyl sites for hydroxylation is 1. The van der Waals surface area contributed by atoms with E-state index in [1.54, 1.807) is 0 Å². The van der Waals surface area contributed by atoms with E-state index in [0.29, 0.717) is 13.1 Å². The lowest BCUT2D eigenvalue weighted by molar-refractivity contribution is 0.103. The van der Waals surface area contributed by atoms with Gasteiger partial charge in [0.2, 0.25) is 0 Å². The summed E-state index contributed by atoms with van der Waals surface area (Å²) in [5, 5.41) is 14.6. The van der Waals surface area contributed by atoms with Crippen LogP contribution in [0.25, 0.3) is 0 Å². The Kier molecular flexibility index (Phi) is 4.16. The lowest BCUT2D eigenvalue weighted by atomic mass is 10.0. The summed E-state index contributed by atoms with van der Waals surface area (Å²) in [5.41, 5.74) is 8.42. The van der Waals surface area contributed by atoms with Gasteiger partial charge in [-0.2, -0.15) is 5.10 Å². The highest BCUT2D eigenvalue weighted by Gasteiger charge is 2.27. The van der Waals surface area contributed by atoms with E-state index in [1.165, 1.54) is 0 Å². The standard InChI is InChI=1S/C14H26N4O/c1-9-5-17(6-10(9)2)7-13(19)8-18-12(4)14(15)11(3)16-18/h9-10,13,19H,5-8,15H2,1-4H3. The molecule has 1 aliphatic heterocycles. The molecule has 0 amide bonds. The van der Waals surface area contributed by atoms with Crippen molar-refractivity contribution in [3.05, 3.63) is 11.4 Å². The highest BCUT2D eigenvalue weighted by atomic mass is 16.3. The van der Waals surface area contributed by atoms with Crippen molar-refractivity contribution in [2.75, 3.05) is 25.4 Å². The maximum Gasteiger partial charge on any atom is 0.0862 e. The smallest absolute Gasteiger partial charge is 0.0862 e. The summed E-state index contributed by atoms with van der Waals surface area (Å²) in [5.74, 6) is 1.44. The van der Waals surface area contributed by atoms with Crippen LogP contribution in [0.2, 0.25) is 0 Å². The second-order valence-corrected chi connectivity index (χ2v) is 6.09. The quantitative estimate of drug-likeness (QED) is 0.854. The fourth-order valence-electron chi connectivity index (χ4n) is 2.84. The van der Waals surface area contributed by atoms with E-state index in [1.807, 2.05) is 18.5 Å². The molecule has 3 N–H and O–H groups in total. The third-order valence-corrected chi connectivity index (χ3v) is 4.35. The molecule has 19 heavy (non-hydrogen) atoms. The van der Waals surface area contributed by atoms with E-state index in [2.05, 4.69) is 23.8 Å². The predicted octanol–water partition coefficient (Wildman–Crippen LogP) is 1.03. The molecule has 0 aromatic carbocycles. The number of aliphatic hydroxyl groups excluding tert-OH is 1. The van der Waals surface area contributed by atoms with Gasteiger partial charge in [-0.3, -0.25) is 4.68 Å². The fourth-order valence-corrected chi connectivity index (χ4v) is 2.84. The van der Waals surface area contributed by atoms with E-state index in [9.17, 15) is 5.11 Å². The van der Waals surface area contributed by atoms with Crippen molar-refractivity contribution in [3.63, 3.8) is 0 Å². The number of β-amino-alcohol motifs (C(OH)–C–C–N with tert-alkyl or cyclic N) is 1. The van der Waals surface area contributed by atoms with Crippen molar-refractivity contribution in [1.29, 1.82) is 0 Å². The van der Waals surface area contributed by atoms with Gasteiger partial charge >= 0.3 is 0 Å². The van der Waals surface area contributed by atoms with Crippen LogP contribution in [0.1, 0.15) is 25.2 Å². The van der Waals surface area contributed by atoms with Gasteiger partial charge in [-0.1, -0.05) is 13.8 Å². The molecule has 0 spiro atoms. The summed E-state index contributed by atoms with van der Waals surface area (Å²) in [7, 11) is 0. The second kappa shape index (κ2) is 5.51. The lowest BCUT2D eigenvalue weighted by Gasteiger charge is -2.20. The number of hydrogen-bond acceptors (Lipinski definition) is 4. The maximum atomic E-state index is 10.2. The Morgan fingerprint density at radius 2 is 1.84 bits per heavy atom. The summed E-state index contributed by atoms with van der Waals surface area (Å²) in [6.45, 7) is 11.8. The Bertz CT molecular complexity index is 433. The van der Waals surface area contributed by atoms with E-state index in [-0.39, 0.29) is 0 Å². The number of nitrogens with two attached hydrogens (primary N) is 1. The van der Waals surface area contributed by atoms with Crippen LogP contribution in [0.3, 0.4) is 0 Å². The Balaban J connectivity index is 1.91. The first-order valence-electron chi connectivity index (χ1n) is 7.08. The number of aromatic nitrogens is 2. The molecule has 5 nitrogen and oxygen atoms in total. The van der Waals surface area contributed by atoms with Crippen LogP contribution in [-0.4, -0.2) is 45.5 Å². The lowest BCUT2D eigenvalue weighted by Crippen LogP contribution is -2.34. The number of aliphatic hydroxyl groups is 1. The summed E-state index contributed by atoms with van der Waals surface area (Å²) in [6, 6.07) is 0. The zero-order valence-corrected chi connectivity index (χ0v) is 12.4. The average molecular weight is 266 g/mol. The van der Waals surface area contributed by atoms with Gasteiger partial charge in [-0.05, 0) is 25.7 Å². The summed E-state index contributed by atoms with van der Waals surface area (Å²) < 4.78 is 1.82. The van der Waals surface area contributed by atoms with Gasteiger partial charge < -0.3 is 15.7 Å². The molecule has 0 bridgehead atoms. The van der Waals surface area contributed by atoms with E-state index < -0.39 is 6.10 Å². The molecule has 5 heteroatoms. The minimum Gasteiger partial charge on any atom is -0.396 e. The number of nitrogen functional groups attached to an aromatic ring is 1. The summed E-state index contributed by atoms with van der Waals surface area (Å²) >= 11 is 0. The zero-order valence-electron chi connectivity index (χ0n) is 12.4. The van der Waals surface area contributed by atoms with Crippen LogP contribution in [0.15, 0.2) is 0 Å². The molecule has 0 saturated carbocycles. The van der Waals surface area contributed by atoms with Crippen molar-refractivity contribution in [3.8, 4) is 0 Å². The predicted molar refractivity (Wildman–Crippen MR) is 76.9 cm³/mol. The number of anilines is 1. The van der Waals surface area contributed by atoms with Gasteiger partial charge in [-0.15, -0.1) is 0 Å². The molecule has 0 radical (unpaired) electrons. The summed E-state index contributed by atoms with van der Waals surface area (Å²) in [6.07, 6.45) is -0.394. The fraction of sp³-hybridized carbons (Fsp3) is 0.786. The first kappa shape index (κ1) is 14.3. The van der Waals surface area contributed by atoms with E-state index in [4.69, 9.17) is 5.73 Å². The van der Waals surface area contributed by atoms with Gasteiger partial charge in [-0.25, -0.2) is 0 Å². The first-order chi connectivity index (χ1) is 8.88. The molecule has 1 aromatic rings. The van der Waals surface area contributed by atoms with Gasteiger partial charge in [0.05, 0.1) is 29.7 Å². The molecular formula is C14H26N4O. The van der Waals surface area contributed by atoms with Crippen LogP contribution in [0, 0.1) is 25.7 Å². The molecule has 1 aliphatic rings. The Morgan fingerprint density at radius 1 is 1.26 bits per heavy atom. The van der Waals surface area contributed by atoms with Crippen molar-refractivity contribution >= 4 is 5.69 Å². The number of likely N-dealkylation sites (tertiary alicyclic amines) is 1. The van der Waals surface area contributed by atoms with Crippen LogP contribution < -0.4 is 5.73 Å². The molecule has 2 heterocycles. The first-order valence-corrected chi connectivity index (χ1v) is 7.08. The SMILES string of the molecule is Cc1nn(CC(O)CN2CC(C)C(C)C2)c(C)c1N. The number of nitrogens with zero attached hydrogens (tertiary/aromatic N) is 3. The Hall–Kier alpha value is -1.07. The van der Waals surface area contributed by atoms with Crippen LogP contribution in [-0.2, 0) is 6.54 Å². The van der Waals surface area contributed by atoms with Crippen molar-refractivity contribution < 1.29 is 5.11 Å². The summed E-state index contributed by atoms with van der Waals surface area (Å²) in [4.78, 5) is 2.34. The van der Waals surface area contributed by atoms with Crippen molar-refractivity contribution in [2.45, 2.75) is 40.3 Å². The Labute approximate surface area is 115 Å². The van der Waals surface area contributed by atoms with Gasteiger partial charge in [0.25, 0.3) is 0 Å². The minimum absolute atomic E-state index is 0.394. The average Bonchev–Trinajstić information content (AvgIpc) is 2.75. The van der Waals surface area contributed by atoms with Crippen molar-refractivity contribution in [1.82, 2.24) is 14.7 Å². The number of hydrogen-bond donors (Lipinski definition) is 2. The molecule has 1 saturated heterocycles. The minimum atomic E-state index is -0.394. The van der Waals surface area contributed by atoms with Gasteiger partial charge in [0.15, 0.2) is 0 Å². The zero-order chi connectivity index (χ0) is 14.2. The normalized spacial score (nSPS) is 25.9. The second-order valence-electron chi connectivity index (χ2n) is 6.09. The molecule has 3 atom stereocenters. The maximum absolute atomic E-state index is 10.2. The van der Waals surface area contributed by atoms with Crippen LogP contribution >= 0.6 is 0 Å². The molecule has 0 aliphatic carbocycles. The third-order valence-electron chi connectivity index (χ3n) is 4.35. The van der Waals surface area contributed by atoms with Gasteiger partial charge in [0.1, 0.15) is 0 Å². The van der Waals surface area contributed by atoms with Crippen LogP contribution in [0.5, 0.6) is 0 Å². The molecular weight excluding hydrogens is 240 g/mol. The number of rotatable bonds is 4. The highest BCUT2D eigenvalue weighted by Crippen LogP contribution is 2.22. The Morgan fingerprint density at radius 3 is 2.32 bits per heavy atom. The molecule has 1 aromatic heterocycles. The van der Waals surface area contributed by atoms with Gasteiger partial charge in [0, 0.05) is 19.6 Å². The van der Waals surface area contributed by atoms with Crippen molar-refractivity contribution in [2.24, 2.45) is 11.8 Å². The topological polar surface area (TPSA) is 67.3 Å². The van der Waals surface area contributed by atoms with E-state index in [0.717, 1.165) is 42.0 Å². The van der Waals surface area contributed by atoms with Crippen LogP contribution in [0.4, 0.5) is 5.69 Å². The molecule has 1 fully saturated rings. The monoisotopic (exact) mass is 266 g/mol. The molecule has 2 rings (SSSR count). The highest BCUT2D eigenvalue weighted by molar-refractivity contribution is 5.46. The van der Waals surface area contributed by atoms with E-state index >= 15 is 0 Å². The molecule has 3 unspecified atom stereocenters. The third kappa shape index (κ3) is 3.09. The largest absolute Gasteiger partial charge is 0.396 e. The molecule has 108 valence electrons.